The molecule has 0 radical (unpaired) electrons. The van der Waals surface area contributed by atoms with Gasteiger partial charge in [-0.1, -0.05) is 37.5 Å². The third-order valence-electron chi connectivity index (χ3n) is 5.69. The first-order chi connectivity index (χ1) is 13.7. The molecule has 0 saturated heterocycles. The van der Waals surface area contributed by atoms with Gasteiger partial charge in [-0.15, -0.1) is 0 Å². The molecule has 5 nitrogen and oxygen atoms in total. The molecule has 5 heteroatoms. The number of ether oxygens (including phenoxy) is 1. The molecule has 1 fully saturated rings. The van der Waals surface area contributed by atoms with E-state index in [1.165, 1.54) is 19.3 Å². The predicted molar refractivity (Wildman–Crippen MR) is 111 cm³/mol. The fourth-order valence-corrected chi connectivity index (χ4v) is 4.29. The maximum absolute atomic E-state index is 13.0. The average molecular weight is 376 g/mol. The summed E-state index contributed by atoms with van der Waals surface area (Å²) in [7, 11) is 0. The summed E-state index contributed by atoms with van der Waals surface area (Å²) in [5.41, 5.74) is 3.44. The van der Waals surface area contributed by atoms with Gasteiger partial charge in [-0.2, -0.15) is 0 Å². The van der Waals surface area contributed by atoms with Crippen LogP contribution in [0, 0.1) is 6.92 Å². The molecule has 2 aliphatic rings. The van der Waals surface area contributed by atoms with Crippen LogP contribution in [0.25, 0.3) is 11.0 Å². The molecular weight excluding hydrogens is 352 g/mol. The van der Waals surface area contributed by atoms with Crippen LogP contribution in [0.2, 0.25) is 0 Å². The van der Waals surface area contributed by atoms with Gasteiger partial charge in [0.25, 0.3) is 5.91 Å². The zero-order chi connectivity index (χ0) is 19.1. The average Bonchev–Trinajstić information content (AvgIpc) is 3.06. The Morgan fingerprint density at radius 2 is 1.89 bits per heavy atom. The molecule has 1 amide bonds. The monoisotopic (exact) mass is 376 g/mol. The summed E-state index contributed by atoms with van der Waals surface area (Å²) in [4.78, 5) is 14.7. The number of para-hydroxylation sites is 1. The second-order valence-corrected chi connectivity index (χ2v) is 7.74. The lowest BCUT2D eigenvalue weighted by molar-refractivity contribution is -0.120. The van der Waals surface area contributed by atoms with Crippen LogP contribution in [-0.4, -0.2) is 18.6 Å². The van der Waals surface area contributed by atoms with Gasteiger partial charge in [-0.3, -0.25) is 9.69 Å². The highest BCUT2D eigenvalue weighted by Gasteiger charge is 2.33. The van der Waals surface area contributed by atoms with Crippen LogP contribution in [0.5, 0.6) is 5.75 Å². The van der Waals surface area contributed by atoms with Crippen LogP contribution >= 0.6 is 0 Å². The highest BCUT2D eigenvalue weighted by molar-refractivity contribution is 6.13. The fraction of sp³-hybridized carbons (Fsp3) is 0.348. The molecule has 1 aliphatic heterocycles. The van der Waals surface area contributed by atoms with Gasteiger partial charge in [-0.05, 0) is 49.6 Å². The van der Waals surface area contributed by atoms with Crippen molar-refractivity contribution < 1.29 is 13.9 Å². The third kappa shape index (κ3) is 2.91. The minimum Gasteiger partial charge on any atom is -0.482 e. The molecule has 0 spiro atoms. The van der Waals surface area contributed by atoms with E-state index >= 15 is 0 Å². The number of anilines is 3. The number of nitrogens with zero attached hydrogens (tertiary/aromatic N) is 1. The Labute approximate surface area is 164 Å². The van der Waals surface area contributed by atoms with Crippen molar-refractivity contribution in [3.05, 3.63) is 48.0 Å². The Morgan fingerprint density at radius 1 is 1.07 bits per heavy atom. The van der Waals surface area contributed by atoms with Crippen molar-refractivity contribution in [2.45, 2.75) is 45.1 Å². The number of carbonyl (C=O) groups is 1. The van der Waals surface area contributed by atoms with Crippen LogP contribution in [0.15, 0.2) is 46.9 Å². The molecule has 1 saturated carbocycles. The van der Waals surface area contributed by atoms with Crippen molar-refractivity contribution in [3.8, 4) is 5.75 Å². The second-order valence-electron chi connectivity index (χ2n) is 7.74. The number of hydrogen-bond donors (Lipinski definition) is 1. The largest absolute Gasteiger partial charge is 0.482 e. The molecule has 0 bridgehead atoms. The van der Waals surface area contributed by atoms with E-state index in [1.807, 2.05) is 49.4 Å². The van der Waals surface area contributed by atoms with E-state index in [0.29, 0.717) is 11.9 Å². The molecule has 5 rings (SSSR count). The maximum atomic E-state index is 13.0. The Morgan fingerprint density at radius 3 is 2.75 bits per heavy atom. The Balaban J connectivity index is 1.65. The van der Waals surface area contributed by atoms with Crippen LogP contribution in [0.3, 0.4) is 0 Å². The number of carbonyl (C=O) groups excluding carboxylic acids is 1. The van der Waals surface area contributed by atoms with Crippen molar-refractivity contribution in [2.75, 3.05) is 16.8 Å². The van der Waals surface area contributed by atoms with E-state index < -0.39 is 0 Å². The molecule has 28 heavy (non-hydrogen) atoms. The molecule has 1 N–H and O–H groups in total. The highest BCUT2D eigenvalue weighted by atomic mass is 16.5. The first-order valence-electron chi connectivity index (χ1n) is 10.1. The molecular formula is C23H24N2O3. The SMILES string of the molecule is Cc1ccc2c(c1)OCC(=O)N2c1c(NC2CCCCC2)oc2ccccc12. The third-order valence-corrected chi connectivity index (χ3v) is 5.69. The lowest BCUT2D eigenvalue weighted by Gasteiger charge is -2.30. The van der Waals surface area contributed by atoms with Gasteiger partial charge in [-0.25, -0.2) is 0 Å². The highest BCUT2D eigenvalue weighted by Crippen LogP contribution is 2.46. The van der Waals surface area contributed by atoms with Gasteiger partial charge >= 0.3 is 0 Å². The molecule has 144 valence electrons. The van der Waals surface area contributed by atoms with Crippen LogP contribution in [0.1, 0.15) is 37.7 Å². The van der Waals surface area contributed by atoms with Gasteiger partial charge in [0.2, 0.25) is 5.88 Å². The van der Waals surface area contributed by atoms with E-state index in [-0.39, 0.29) is 12.5 Å². The number of rotatable bonds is 3. The summed E-state index contributed by atoms with van der Waals surface area (Å²) in [6.45, 7) is 2.05. The zero-order valence-corrected chi connectivity index (χ0v) is 16.0. The van der Waals surface area contributed by atoms with Crippen molar-refractivity contribution >= 4 is 34.1 Å². The van der Waals surface area contributed by atoms with Crippen LogP contribution in [0.4, 0.5) is 17.3 Å². The minimum absolute atomic E-state index is 0.0266. The van der Waals surface area contributed by atoms with E-state index in [2.05, 4.69) is 5.32 Å². The second kappa shape index (κ2) is 6.89. The van der Waals surface area contributed by atoms with E-state index in [4.69, 9.17) is 9.15 Å². The number of amides is 1. The van der Waals surface area contributed by atoms with Gasteiger partial charge in [0.15, 0.2) is 6.61 Å². The first kappa shape index (κ1) is 17.2. The molecule has 1 aromatic heterocycles. The Hall–Kier alpha value is -2.95. The molecule has 0 unspecified atom stereocenters. The Kier molecular flexibility index (Phi) is 4.23. The quantitative estimate of drug-likeness (QED) is 0.652. The minimum atomic E-state index is -0.0883. The van der Waals surface area contributed by atoms with E-state index in [0.717, 1.165) is 46.5 Å². The fourth-order valence-electron chi connectivity index (χ4n) is 4.29. The predicted octanol–water partition coefficient (Wildman–Crippen LogP) is 5.54. The van der Waals surface area contributed by atoms with Gasteiger partial charge in [0.1, 0.15) is 17.0 Å². The first-order valence-corrected chi connectivity index (χ1v) is 10.1. The van der Waals surface area contributed by atoms with Crippen molar-refractivity contribution in [3.63, 3.8) is 0 Å². The molecule has 2 heterocycles. The van der Waals surface area contributed by atoms with Crippen molar-refractivity contribution in [1.82, 2.24) is 0 Å². The summed E-state index contributed by atoms with van der Waals surface area (Å²) < 4.78 is 11.9. The number of furan rings is 1. The number of aryl methyl sites for hydroxylation is 1. The summed E-state index contributed by atoms with van der Waals surface area (Å²) in [6, 6.07) is 14.2. The topological polar surface area (TPSA) is 54.7 Å². The molecule has 3 aromatic rings. The number of hydrogen-bond acceptors (Lipinski definition) is 4. The zero-order valence-electron chi connectivity index (χ0n) is 16.0. The van der Waals surface area contributed by atoms with Gasteiger partial charge < -0.3 is 14.5 Å². The van der Waals surface area contributed by atoms with Crippen molar-refractivity contribution in [2.24, 2.45) is 0 Å². The standard InChI is InChI=1S/C23H24N2O3/c1-15-11-12-18-20(13-15)27-14-21(26)25(18)22-17-9-5-6-10-19(17)28-23(22)24-16-7-3-2-4-8-16/h5-6,9-13,16,24H,2-4,7-8,14H2,1H3. The van der Waals surface area contributed by atoms with Crippen molar-refractivity contribution in [1.29, 1.82) is 0 Å². The summed E-state index contributed by atoms with van der Waals surface area (Å²) in [6.07, 6.45) is 6.00. The summed E-state index contributed by atoms with van der Waals surface area (Å²) in [5.74, 6) is 1.32. The number of fused-ring (bicyclic) bond motifs is 2. The Bertz CT molecular complexity index is 1030. The lowest BCUT2D eigenvalue weighted by Crippen LogP contribution is -2.35. The molecule has 2 aromatic carbocycles. The lowest BCUT2D eigenvalue weighted by atomic mass is 9.95. The smallest absolute Gasteiger partial charge is 0.269 e. The van der Waals surface area contributed by atoms with Gasteiger partial charge in [0.05, 0.1) is 5.69 Å². The van der Waals surface area contributed by atoms with Gasteiger partial charge in [0, 0.05) is 11.4 Å². The maximum Gasteiger partial charge on any atom is 0.269 e. The van der Waals surface area contributed by atoms with Crippen LogP contribution in [-0.2, 0) is 4.79 Å². The van der Waals surface area contributed by atoms with E-state index in [1.54, 1.807) is 4.90 Å². The number of nitrogens with one attached hydrogen (secondary N) is 1. The normalized spacial score (nSPS) is 17.5. The number of benzene rings is 2. The van der Waals surface area contributed by atoms with Crippen LogP contribution < -0.4 is 15.0 Å². The molecule has 0 atom stereocenters. The van der Waals surface area contributed by atoms with E-state index in [9.17, 15) is 4.79 Å². The summed E-state index contributed by atoms with van der Waals surface area (Å²) >= 11 is 0. The summed E-state index contributed by atoms with van der Waals surface area (Å²) in [5, 5.41) is 4.53. The molecule has 1 aliphatic carbocycles.